The average Bonchev–Trinajstić information content (AvgIpc) is 2.01. The van der Waals surface area contributed by atoms with E-state index in [0.29, 0.717) is 24.8 Å². The smallest absolute Gasteiger partial charge is 0.134 e. The highest BCUT2D eigenvalue weighted by Crippen LogP contribution is 2.20. The van der Waals surface area contributed by atoms with Gasteiger partial charge in [0.1, 0.15) is 5.78 Å². The van der Waals surface area contributed by atoms with Gasteiger partial charge in [0, 0.05) is 25.4 Å². The highest BCUT2D eigenvalue weighted by Gasteiger charge is 2.26. The van der Waals surface area contributed by atoms with Gasteiger partial charge in [0.25, 0.3) is 0 Å². The Morgan fingerprint density at radius 3 is 2.71 bits per heavy atom. The van der Waals surface area contributed by atoms with E-state index < -0.39 is 5.60 Å². The van der Waals surface area contributed by atoms with Gasteiger partial charge in [-0.2, -0.15) is 0 Å². The van der Waals surface area contributed by atoms with Crippen molar-refractivity contribution in [3.05, 3.63) is 0 Å². The lowest BCUT2D eigenvalue weighted by molar-refractivity contribution is -0.122. The van der Waals surface area contributed by atoms with Crippen LogP contribution >= 0.6 is 0 Å². The average molecular weight is 199 g/mol. The number of carbonyl (C=O) groups is 1. The lowest BCUT2D eigenvalue weighted by atomic mass is 9.92. The number of nitrogens with zero attached hydrogens (tertiary/aromatic N) is 1. The van der Waals surface area contributed by atoms with Crippen LogP contribution in [-0.2, 0) is 4.79 Å². The van der Waals surface area contributed by atoms with Crippen LogP contribution in [0.25, 0.3) is 0 Å². The predicted octanol–water partition coefficient (Wildman–Crippen LogP) is 1.20. The van der Waals surface area contributed by atoms with E-state index in [2.05, 4.69) is 4.90 Å². The number of carbonyl (C=O) groups excluding carboxylic acids is 1. The molecule has 0 bridgehead atoms. The summed E-state index contributed by atoms with van der Waals surface area (Å²) in [5.74, 6) is 0.365. The van der Waals surface area contributed by atoms with Crippen LogP contribution in [0.3, 0.4) is 0 Å². The second-order valence-corrected chi connectivity index (χ2v) is 5.02. The molecule has 1 saturated carbocycles. The number of hydrogen-bond donors (Lipinski definition) is 1. The van der Waals surface area contributed by atoms with E-state index in [1.807, 2.05) is 7.05 Å². The Bertz CT molecular complexity index is 208. The molecule has 0 amide bonds. The molecular weight excluding hydrogens is 178 g/mol. The van der Waals surface area contributed by atoms with Gasteiger partial charge in [-0.15, -0.1) is 0 Å². The van der Waals surface area contributed by atoms with Crippen LogP contribution in [0, 0.1) is 0 Å². The normalized spacial score (nSPS) is 24.4. The Morgan fingerprint density at radius 1 is 1.57 bits per heavy atom. The van der Waals surface area contributed by atoms with Crippen LogP contribution in [0.1, 0.15) is 39.5 Å². The van der Waals surface area contributed by atoms with Gasteiger partial charge in [0.2, 0.25) is 0 Å². The van der Waals surface area contributed by atoms with Crippen molar-refractivity contribution in [2.24, 2.45) is 0 Å². The van der Waals surface area contributed by atoms with E-state index in [-0.39, 0.29) is 0 Å². The highest BCUT2D eigenvalue weighted by atomic mass is 16.3. The molecule has 1 aliphatic rings. The summed E-state index contributed by atoms with van der Waals surface area (Å²) in [5.41, 5.74) is -0.671. The number of hydrogen-bond acceptors (Lipinski definition) is 3. The van der Waals surface area contributed by atoms with Crippen LogP contribution in [0.4, 0.5) is 0 Å². The fourth-order valence-corrected chi connectivity index (χ4v) is 2.12. The molecule has 0 heterocycles. The summed E-state index contributed by atoms with van der Waals surface area (Å²) < 4.78 is 0. The van der Waals surface area contributed by atoms with Crippen LogP contribution in [0.15, 0.2) is 0 Å². The summed E-state index contributed by atoms with van der Waals surface area (Å²) in [6.07, 6.45) is 3.48. The molecule has 0 saturated heterocycles. The first-order chi connectivity index (χ1) is 6.38. The second kappa shape index (κ2) is 4.41. The number of ketones is 1. The van der Waals surface area contributed by atoms with Crippen molar-refractivity contribution < 1.29 is 9.90 Å². The number of rotatable bonds is 3. The van der Waals surface area contributed by atoms with Gasteiger partial charge < -0.3 is 10.0 Å². The lowest BCUT2D eigenvalue weighted by Gasteiger charge is -2.34. The molecule has 0 aliphatic heterocycles. The standard InChI is InChI=1S/C11H21NO2/c1-11(2,14)8-12(3)9-5-4-6-10(13)7-9/h9,14H,4-8H2,1-3H3. The minimum absolute atomic E-state index is 0.336. The van der Waals surface area contributed by atoms with Crippen LogP contribution in [0.5, 0.6) is 0 Å². The molecule has 1 rings (SSSR count). The van der Waals surface area contributed by atoms with Gasteiger partial charge in [-0.25, -0.2) is 0 Å². The molecule has 1 unspecified atom stereocenters. The maximum Gasteiger partial charge on any atom is 0.134 e. The molecular formula is C11H21NO2. The van der Waals surface area contributed by atoms with Crippen LogP contribution in [-0.4, -0.2) is 41.0 Å². The largest absolute Gasteiger partial charge is 0.389 e. The first kappa shape index (κ1) is 11.7. The third-order valence-electron chi connectivity index (χ3n) is 2.72. The molecule has 1 atom stereocenters. The molecule has 1 N–H and O–H groups in total. The molecule has 1 aliphatic carbocycles. The summed E-state index contributed by atoms with van der Waals surface area (Å²) in [6, 6.07) is 0.336. The van der Waals surface area contributed by atoms with E-state index in [9.17, 15) is 9.90 Å². The quantitative estimate of drug-likeness (QED) is 0.742. The van der Waals surface area contributed by atoms with E-state index in [1.54, 1.807) is 13.8 Å². The van der Waals surface area contributed by atoms with Crippen molar-refractivity contribution in [2.45, 2.75) is 51.2 Å². The van der Waals surface area contributed by atoms with Crippen molar-refractivity contribution in [1.29, 1.82) is 0 Å². The van der Waals surface area contributed by atoms with Crippen LogP contribution in [0.2, 0.25) is 0 Å². The summed E-state index contributed by atoms with van der Waals surface area (Å²) in [7, 11) is 1.99. The molecule has 0 aromatic rings. The molecule has 0 radical (unpaired) electrons. The van der Waals surface area contributed by atoms with E-state index in [0.717, 1.165) is 19.3 Å². The Hall–Kier alpha value is -0.410. The third kappa shape index (κ3) is 3.76. The fraction of sp³-hybridized carbons (Fsp3) is 0.909. The zero-order chi connectivity index (χ0) is 10.8. The zero-order valence-electron chi connectivity index (χ0n) is 9.42. The first-order valence-electron chi connectivity index (χ1n) is 5.33. The number of Topliss-reactive ketones (excluding diaryl/α,β-unsaturated/α-hetero) is 1. The maximum atomic E-state index is 11.3. The van der Waals surface area contributed by atoms with Crippen LogP contribution < -0.4 is 0 Å². The molecule has 3 nitrogen and oxygen atoms in total. The van der Waals surface area contributed by atoms with Crippen molar-refractivity contribution >= 4 is 5.78 Å². The molecule has 14 heavy (non-hydrogen) atoms. The SMILES string of the molecule is CN(CC(C)(C)O)C1CCCC(=O)C1. The third-order valence-corrected chi connectivity index (χ3v) is 2.72. The van der Waals surface area contributed by atoms with Crippen molar-refractivity contribution in [3.8, 4) is 0 Å². The van der Waals surface area contributed by atoms with Crippen molar-refractivity contribution in [3.63, 3.8) is 0 Å². The topological polar surface area (TPSA) is 40.5 Å². The Kier molecular flexibility index (Phi) is 3.67. The van der Waals surface area contributed by atoms with Gasteiger partial charge in [-0.1, -0.05) is 0 Å². The summed E-state index contributed by atoms with van der Waals surface area (Å²) in [4.78, 5) is 13.4. The van der Waals surface area contributed by atoms with E-state index >= 15 is 0 Å². The molecule has 82 valence electrons. The van der Waals surface area contributed by atoms with Crippen molar-refractivity contribution in [2.75, 3.05) is 13.6 Å². The van der Waals surface area contributed by atoms with Gasteiger partial charge >= 0.3 is 0 Å². The van der Waals surface area contributed by atoms with Crippen molar-refractivity contribution in [1.82, 2.24) is 4.90 Å². The van der Waals surface area contributed by atoms with E-state index in [1.165, 1.54) is 0 Å². The minimum atomic E-state index is -0.671. The first-order valence-corrected chi connectivity index (χ1v) is 5.33. The van der Waals surface area contributed by atoms with Gasteiger partial charge in [0.05, 0.1) is 5.60 Å². The second-order valence-electron chi connectivity index (χ2n) is 5.02. The fourth-order valence-electron chi connectivity index (χ4n) is 2.12. The molecule has 0 spiro atoms. The molecule has 3 heteroatoms. The van der Waals surface area contributed by atoms with E-state index in [4.69, 9.17) is 0 Å². The number of aliphatic hydroxyl groups is 1. The Morgan fingerprint density at radius 2 is 2.21 bits per heavy atom. The Balaban J connectivity index is 2.43. The monoisotopic (exact) mass is 199 g/mol. The minimum Gasteiger partial charge on any atom is -0.389 e. The lowest BCUT2D eigenvalue weighted by Crippen LogP contribution is -2.44. The van der Waals surface area contributed by atoms with Gasteiger partial charge in [-0.05, 0) is 33.7 Å². The molecule has 0 aromatic heterocycles. The maximum absolute atomic E-state index is 11.3. The molecule has 0 aromatic carbocycles. The summed E-state index contributed by atoms with van der Waals surface area (Å²) in [5, 5.41) is 9.66. The Labute approximate surface area is 86.1 Å². The molecule has 1 fully saturated rings. The zero-order valence-corrected chi connectivity index (χ0v) is 9.42. The van der Waals surface area contributed by atoms with Gasteiger partial charge in [0.15, 0.2) is 0 Å². The summed E-state index contributed by atoms with van der Waals surface area (Å²) in [6.45, 7) is 4.23. The van der Waals surface area contributed by atoms with Gasteiger partial charge in [-0.3, -0.25) is 4.79 Å². The predicted molar refractivity (Wildman–Crippen MR) is 56.2 cm³/mol. The number of likely N-dealkylation sites (N-methyl/N-ethyl adjacent to an activating group) is 1. The summed E-state index contributed by atoms with van der Waals surface area (Å²) >= 11 is 0. The highest BCUT2D eigenvalue weighted by molar-refractivity contribution is 5.79.